The van der Waals surface area contributed by atoms with Gasteiger partial charge in [0.15, 0.2) is 9.84 Å². The van der Waals surface area contributed by atoms with Crippen LogP contribution in [0.1, 0.15) is 28.3 Å². The van der Waals surface area contributed by atoms with Gasteiger partial charge in [-0.05, 0) is 60.0 Å². The van der Waals surface area contributed by atoms with Gasteiger partial charge in [-0.2, -0.15) is 5.10 Å². The van der Waals surface area contributed by atoms with Gasteiger partial charge in [0.25, 0.3) is 0 Å². The number of aromatic amines is 1. The summed E-state index contributed by atoms with van der Waals surface area (Å²) in [5.41, 5.74) is 5.32. The number of aryl methyl sites for hydroxylation is 1. The van der Waals surface area contributed by atoms with Gasteiger partial charge in [-0.1, -0.05) is 35.4 Å². The van der Waals surface area contributed by atoms with Crippen LogP contribution in [0.4, 0.5) is 5.69 Å². The van der Waals surface area contributed by atoms with Crippen LogP contribution in [0.25, 0.3) is 10.9 Å². The number of hydrogen-bond acceptors (Lipinski definition) is 6. The number of carbonyl (C=O) groups excluding carboxylic acids is 1. The van der Waals surface area contributed by atoms with Crippen molar-refractivity contribution in [3.8, 4) is 0 Å². The highest BCUT2D eigenvalue weighted by Crippen LogP contribution is 2.31. The van der Waals surface area contributed by atoms with Crippen LogP contribution in [0, 0.1) is 6.92 Å². The highest BCUT2D eigenvalue weighted by Gasteiger charge is 2.26. The summed E-state index contributed by atoms with van der Waals surface area (Å²) in [5.74, 6) is -1.03. The van der Waals surface area contributed by atoms with Crippen LogP contribution in [0.3, 0.4) is 0 Å². The fourth-order valence-electron chi connectivity index (χ4n) is 4.21. The summed E-state index contributed by atoms with van der Waals surface area (Å²) in [5, 5.41) is 17.3. The molecule has 4 N–H and O–H groups in total. The van der Waals surface area contributed by atoms with Crippen molar-refractivity contribution in [2.24, 2.45) is 0 Å². The second-order valence-electron chi connectivity index (χ2n) is 8.60. The number of fused-ring (bicyclic) bond motifs is 2. The van der Waals surface area contributed by atoms with Crippen molar-refractivity contribution in [3.63, 3.8) is 0 Å². The van der Waals surface area contributed by atoms with Crippen molar-refractivity contribution in [2.75, 3.05) is 11.2 Å². The minimum absolute atomic E-state index is 0.152. The van der Waals surface area contributed by atoms with E-state index in [2.05, 4.69) is 26.1 Å². The maximum absolute atomic E-state index is 13.5. The highest BCUT2D eigenvalue weighted by atomic mass is 35.5. The topological polar surface area (TPSA) is 116 Å². The lowest BCUT2D eigenvalue weighted by molar-refractivity contribution is -0.121. The maximum atomic E-state index is 13.5. The van der Waals surface area contributed by atoms with E-state index in [1.54, 1.807) is 30.5 Å². The van der Waals surface area contributed by atoms with Gasteiger partial charge < -0.3 is 16.0 Å². The van der Waals surface area contributed by atoms with Gasteiger partial charge in [0, 0.05) is 29.2 Å². The van der Waals surface area contributed by atoms with Gasteiger partial charge in [-0.3, -0.25) is 9.89 Å². The number of nitrogens with zero attached hydrogens (tertiary/aromatic N) is 1. The van der Waals surface area contributed by atoms with E-state index in [1.807, 2.05) is 25.1 Å². The molecule has 35 heavy (non-hydrogen) atoms. The summed E-state index contributed by atoms with van der Waals surface area (Å²) < 4.78 is 25.7. The van der Waals surface area contributed by atoms with Crippen molar-refractivity contribution in [3.05, 3.63) is 88.1 Å². The predicted octanol–water partition coefficient (Wildman–Crippen LogP) is 3.83. The van der Waals surface area contributed by atoms with Gasteiger partial charge >= 0.3 is 0 Å². The van der Waals surface area contributed by atoms with Gasteiger partial charge in [-0.25, -0.2) is 8.42 Å². The fourth-order valence-corrected chi connectivity index (χ4v) is 5.49. The Labute approximate surface area is 208 Å². The Morgan fingerprint density at radius 1 is 1.09 bits per heavy atom. The molecule has 1 aliphatic heterocycles. The minimum Gasteiger partial charge on any atom is -0.370 e. The van der Waals surface area contributed by atoms with Crippen LogP contribution in [0.15, 0.2) is 65.7 Å². The van der Waals surface area contributed by atoms with Crippen LogP contribution in [-0.4, -0.2) is 30.4 Å². The average molecular weight is 510 g/mol. The van der Waals surface area contributed by atoms with Crippen molar-refractivity contribution >= 4 is 43.9 Å². The summed E-state index contributed by atoms with van der Waals surface area (Å²) >= 11 is 6.34. The number of H-pyrrole nitrogens is 1. The Morgan fingerprint density at radius 3 is 2.66 bits per heavy atom. The number of benzene rings is 3. The Bertz CT molecular complexity index is 1520. The Kier molecular flexibility index (Phi) is 6.22. The summed E-state index contributed by atoms with van der Waals surface area (Å²) in [6.07, 6.45) is 1.62. The number of anilines is 1. The molecule has 0 spiro atoms. The third-order valence-electron chi connectivity index (χ3n) is 6.09. The summed E-state index contributed by atoms with van der Waals surface area (Å²) in [4.78, 5) is 13.6. The van der Waals surface area contributed by atoms with E-state index in [-0.39, 0.29) is 4.90 Å². The Balaban J connectivity index is 1.46. The highest BCUT2D eigenvalue weighted by molar-refractivity contribution is 7.91. The smallest absolute Gasteiger partial charge is 0.248 e. The molecule has 0 radical (unpaired) electrons. The molecule has 1 amide bonds. The number of halogens is 1. The molecule has 0 saturated carbocycles. The number of amides is 1. The van der Waals surface area contributed by atoms with Crippen molar-refractivity contribution in [2.45, 2.75) is 31.0 Å². The third-order valence-corrected chi connectivity index (χ3v) is 7.83. The van der Waals surface area contributed by atoms with E-state index in [9.17, 15) is 13.2 Å². The van der Waals surface area contributed by atoms with Gasteiger partial charge in [0.05, 0.1) is 16.6 Å². The molecule has 0 saturated heterocycles. The zero-order valence-electron chi connectivity index (χ0n) is 18.9. The van der Waals surface area contributed by atoms with Crippen LogP contribution >= 0.6 is 11.6 Å². The fraction of sp³-hybridized carbons (Fsp3) is 0.200. The standard InChI is InChI=1S/C25H24ClN5O3S/c1-15-2-6-20(7-3-15)35(33,34)14-28-25(32)24(21-9-18(26)10-23-22(21)13-29-31-23)30-19-5-4-16-11-27-12-17(16)8-19/h2-10,13,24,27,30H,11-12,14H2,1H3,(H,28,32)(H,29,31)/t24-/m1/s1. The number of sulfone groups is 1. The molecule has 1 aliphatic rings. The Morgan fingerprint density at radius 2 is 1.86 bits per heavy atom. The monoisotopic (exact) mass is 509 g/mol. The van der Waals surface area contributed by atoms with E-state index in [1.165, 1.54) is 17.7 Å². The number of aromatic nitrogens is 2. The van der Waals surface area contributed by atoms with E-state index in [4.69, 9.17) is 11.6 Å². The molecule has 180 valence electrons. The molecular formula is C25H24ClN5O3S. The first kappa shape index (κ1) is 23.3. The third kappa shape index (κ3) is 4.88. The minimum atomic E-state index is -3.72. The van der Waals surface area contributed by atoms with E-state index in [0.717, 1.165) is 29.9 Å². The summed E-state index contributed by atoms with van der Waals surface area (Å²) in [7, 11) is -3.72. The average Bonchev–Trinajstić information content (AvgIpc) is 3.50. The van der Waals surface area contributed by atoms with E-state index in [0.29, 0.717) is 21.5 Å². The maximum Gasteiger partial charge on any atom is 0.248 e. The largest absolute Gasteiger partial charge is 0.370 e. The molecule has 1 aromatic heterocycles. The molecule has 2 heterocycles. The molecule has 4 aromatic rings. The van der Waals surface area contributed by atoms with Gasteiger partial charge in [-0.15, -0.1) is 0 Å². The zero-order valence-corrected chi connectivity index (χ0v) is 20.5. The number of rotatable bonds is 7. The molecule has 0 aliphatic carbocycles. The second-order valence-corrected chi connectivity index (χ2v) is 11.0. The molecule has 0 bridgehead atoms. The molecule has 3 aromatic carbocycles. The van der Waals surface area contributed by atoms with Crippen molar-refractivity contribution in [1.29, 1.82) is 0 Å². The first-order chi connectivity index (χ1) is 16.8. The van der Waals surface area contributed by atoms with E-state index < -0.39 is 27.7 Å². The van der Waals surface area contributed by atoms with E-state index >= 15 is 0 Å². The molecule has 5 rings (SSSR count). The van der Waals surface area contributed by atoms with Crippen LogP contribution in [0.5, 0.6) is 0 Å². The first-order valence-corrected chi connectivity index (χ1v) is 13.1. The SMILES string of the molecule is Cc1ccc(S(=O)(=O)CNC(=O)[C@H](Nc2ccc3c(c2)CNC3)c2cc(Cl)cc3[nH]ncc23)cc1. The normalized spacial score (nSPS) is 14.0. The molecule has 0 fully saturated rings. The van der Waals surface area contributed by atoms with Gasteiger partial charge in [0.2, 0.25) is 5.91 Å². The molecule has 10 heteroatoms. The molecule has 1 atom stereocenters. The van der Waals surface area contributed by atoms with Crippen LogP contribution < -0.4 is 16.0 Å². The number of hydrogen-bond donors (Lipinski definition) is 4. The van der Waals surface area contributed by atoms with Crippen LogP contribution in [0.2, 0.25) is 5.02 Å². The van der Waals surface area contributed by atoms with Gasteiger partial charge in [0.1, 0.15) is 11.9 Å². The second kappa shape index (κ2) is 9.33. The lowest BCUT2D eigenvalue weighted by Crippen LogP contribution is -2.36. The number of nitrogens with one attached hydrogen (secondary N) is 4. The summed E-state index contributed by atoms with van der Waals surface area (Å²) in [6, 6.07) is 15.0. The first-order valence-electron chi connectivity index (χ1n) is 11.1. The quantitative estimate of drug-likeness (QED) is 0.301. The Hall–Kier alpha value is -3.40. The summed E-state index contributed by atoms with van der Waals surface area (Å²) in [6.45, 7) is 3.44. The zero-order chi connectivity index (χ0) is 24.6. The predicted molar refractivity (Wildman–Crippen MR) is 136 cm³/mol. The van der Waals surface area contributed by atoms with Crippen LogP contribution in [-0.2, 0) is 27.7 Å². The lowest BCUT2D eigenvalue weighted by atomic mass is 10.0. The molecule has 0 unspecified atom stereocenters. The van der Waals surface area contributed by atoms with Crippen molar-refractivity contribution < 1.29 is 13.2 Å². The lowest BCUT2D eigenvalue weighted by Gasteiger charge is -2.21. The molecule has 8 nitrogen and oxygen atoms in total. The molecular weight excluding hydrogens is 486 g/mol. The van der Waals surface area contributed by atoms with Crippen molar-refractivity contribution in [1.82, 2.24) is 20.8 Å². The number of carbonyl (C=O) groups is 1.